The van der Waals surface area contributed by atoms with Crippen molar-refractivity contribution in [2.45, 2.75) is 53.4 Å². The van der Waals surface area contributed by atoms with Gasteiger partial charge in [0.05, 0.1) is 22.4 Å². The first kappa shape index (κ1) is 38.9. The van der Waals surface area contributed by atoms with Crippen molar-refractivity contribution < 1.29 is 9.13 Å². The number of ether oxygens (including phenoxy) is 1. The maximum Gasteiger partial charge on any atom is 0.137 e. The lowest BCUT2D eigenvalue weighted by atomic mass is 9.87. The molecule has 1 aliphatic heterocycles. The van der Waals surface area contributed by atoms with Gasteiger partial charge in [-0.25, -0.2) is 9.37 Å². The van der Waals surface area contributed by atoms with Gasteiger partial charge in [0.1, 0.15) is 29.8 Å². The normalized spacial score (nSPS) is 12.6. The van der Waals surface area contributed by atoms with Crippen LogP contribution in [-0.4, -0.2) is 21.2 Å². The number of rotatable bonds is 9. The first-order valence-corrected chi connectivity index (χ1v) is 21.4. The maximum atomic E-state index is 15.3. The predicted octanol–water partition coefficient (Wildman–Crippen LogP) is 15.0. The topological polar surface area (TPSA) is 46.4 Å². The quantitative estimate of drug-likeness (QED) is 0.145. The minimum absolute atomic E-state index is 0.185. The Hall–Kier alpha value is -7.25. The Morgan fingerprint density at radius 2 is 1.26 bits per heavy atom. The van der Waals surface area contributed by atoms with E-state index < -0.39 is 0 Å². The summed E-state index contributed by atoms with van der Waals surface area (Å²) >= 11 is 0. The van der Waals surface area contributed by atoms with E-state index >= 15 is 4.39 Å². The highest BCUT2D eigenvalue weighted by Gasteiger charge is 2.33. The van der Waals surface area contributed by atoms with Crippen molar-refractivity contribution in [1.82, 2.24) is 14.5 Å². The molecule has 6 aromatic carbocycles. The van der Waals surface area contributed by atoms with Crippen LogP contribution in [-0.2, 0) is 0 Å². The lowest BCUT2D eigenvalue weighted by Crippen LogP contribution is -2.26. The number of nitrogens with zero attached hydrogens (tertiary/aromatic N) is 5. The Labute approximate surface area is 362 Å². The zero-order valence-corrected chi connectivity index (χ0v) is 35.9. The van der Waals surface area contributed by atoms with Crippen LogP contribution in [0.15, 0.2) is 158 Å². The molecule has 0 fully saturated rings. The zero-order valence-electron chi connectivity index (χ0n) is 35.9. The number of para-hydroxylation sites is 3. The molecule has 0 atom stereocenters. The number of hydrogen-bond acceptors (Lipinski definition) is 5. The average molecular weight is 814 g/mol. The number of aryl methyl sites for hydroxylation is 2. The minimum atomic E-state index is -0.213. The van der Waals surface area contributed by atoms with Crippen LogP contribution in [0.4, 0.5) is 27.1 Å². The summed E-state index contributed by atoms with van der Waals surface area (Å²) in [5.74, 6) is 2.46. The number of aromatic nitrogens is 3. The van der Waals surface area contributed by atoms with E-state index in [0.717, 1.165) is 84.0 Å². The molecule has 6 nitrogen and oxygen atoms in total. The molecule has 0 bridgehead atoms. The van der Waals surface area contributed by atoms with E-state index in [4.69, 9.17) is 9.72 Å². The van der Waals surface area contributed by atoms with Gasteiger partial charge < -0.3 is 14.5 Å². The van der Waals surface area contributed by atoms with E-state index in [0.29, 0.717) is 12.2 Å². The van der Waals surface area contributed by atoms with Gasteiger partial charge in [-0.15, -0.1) is 0 Å². The molecule has 0 N–H and O–H groups in total. The Balaban J connectivity index is 1.12. The molecule has 0 spiro atoms. The Morgan fingerprint density at radius 1 is 0.597 bits per heavy atom. The minimum Gasteiger partial charge on any atom is -0.457 e. The Kier molecular flexibility index (Phi) is 9.83. The summed E-state index contributed by atoms with van der Waals surface area (Å²) in [6.07, 6.45) is 5.69. The van der Waals surface area contributed by atoms with Gasteiger partial charge in [-0.1, -0.05) is 82.3 Å². The number of benzene rings is 6. The van der Waals surface area contributed by atoms with Crippen LogP contribution in [0.1, 0.15) is 61.8 Å². The Morgan fingerprint density at radius 3 is 1.97 bits per heavy atom. The number of hydrogen-bond donors (Lipinski definition) is 0. The molecule has 0 aliphatic carbocycles. The van der Waals surface area contributed by atoms with Crippen molar-refractivity contribution in [3.8, 4) is 39.6 Å². The van der Waals surface area contributed by atoms with Gasteiger partial charge in [-0.2, -0.15) is 0 Å². The molecule has 62 heavy (non-hydrogen) atoms. The van der Waals surface area contributed by atoms with E-state index in [1.54, 1.807) is 12.1 Å². The second-order valence-electron chi connectivity index (χ2n) is 17.0. The van der Waals surface area contributed by atoms with Crippen molar-refractivity contribution in [3.63, 3.8) is 0 Å². The van der Waals surface area contributed by atoms with Crippen LogP contribution in [0.3, 0.4) is 0 Å². The summed E-state index contributed by atoms with van der Waals surface area (Å²) in [5, 5.41) is 2.29. The number of pyridine rings is 2. The van der Waals surface area contributed by atoms with Gasteiger partial charge in [-0.3, -0.25) is 9.55 Å². The highest BCUT2D eigenvalue weighted by molar-refractivity contribution is 6.09. The summed E-state index contributed by atoms with van der Waals surface area (Å²) in [4.78, 5) is 14.1. The molecule has 3 aromatic heterocycles. The molecule has 9 aromatic rings. The fourth-order valence-electron chi connectivity index (χ4n) is 9.33. The van der Waals surface area contributed by atoms with Gasteiger partial charge in [0.15, 0.2) is 0 Å². The van der Waals surface area contributed by atoms with Crippen LogP contribution >= 0.6 is 0 Å². The fourth-order valence-corrected chi connectivity index (χ4v) is 9.33. The van der Waals surface area contributed by atoms with Crippen molar-refractivity contribution >= 4 is 44.6 Å². The second-order valence-corrected chi connectivity index (χ2v) is 17.0. The van der Waals surface area contributed by atoms with Crippen molar-refractivity contribution in [1.29, 1.82) is 0 Å². The largest absolute Gasteiger partial charge is 0.457 e. The van der Waals surface area contributed by atoms with Gasteiger partial charge in [0, 0.05) is 58.4 Å². The maximum absolute atomic E-state index is 15.3. The van der Waals surface area contributed by atoms with Gasteiger partial charge in [0.2, 0.25) is 0 Å². The molecule has 0 saturated heterocycles. The number of halogens is 1. The van der Waals surface area contributed by atoms with E-state index in [9.17, 15) is 0 Å². The summed E-state index contributed by atoms with van der Waals surface area (Å²) in [6, 6.07) is 47.5. The van der Waals surface area contributed by atoms with Crippen LogP contribution in [0.5, 0.6) is 11.5 Å². The van der Waals surface area contributed by atoms with E-state index in [1.165, 1.54) is 16.8 Å². The summed E-state index contributed by atoms with van der Waals surface area (Å²) in [7, 11) is 0. The number of fused-ring (bicyclic) bond motifs is 4. The fraction of sp³-hybridized carbons (Fsp3) is 0.164. The summed E-state index contributed by atoms with van der Waals surface area (Å²) in [5.41, 5.74) is 14.8. The third-order valence-electron chi connectivity index (χ3n) is 12.2. The molecule has 10 rings (SSSR count). The molecule has 0 unspecified atom stereocenters. The predicted molar refractivity (Wildman–Crippen MR) is 253 cm³/mol. The first-order valence-electron chi connectivity index (χ1n) is 21.4. The van der Waals surface area contributed by atoms with Crippen molar-refractivity contribution in [3.05, 3.63) is 186 Å². The number of anilines is 4. The lowest BCUT2D eigenvalue weighted by Gasteiger charge is -2.30. The van der Waals surface area contributed by atoms with Gasteiger partial charge in [-0.05, 0) is 137 Å². The highest BCUT2D eigenvalue weighted by Crippen LogP contribution is 2.50. The third-order valence-corrected chi connectivity index (χ3v) is 12.2. The first-order chi connectivity index (χ1) is 30.1. The zero-order chi connectivity index (χ0) is 42.6. The lowest BCUT2D eigenvalue weighted by molar-refractivity contribution is 0.483. The molecule has 7 heteroatoms. The van der Waals surface area contributed by atoms with E-state index in [-0.39, 0.29) is 17.7 Å². The molecule has 4 heterocycles. The van der Waals surface area contributed by atoms with Gasteiger partial charge in [0.25, 0.3) is 0 Å². The van der Waals surface area contributed by atoms with Crippen LogP contribution in [0, 0.1) is 19.7 Å². The van der Waals surface area contributed by atoms with E-state index in [2.05, 4.69) is 158 Å². The second kappa shape index (κ2) is 15.7. The van der Waals surface area contributed by atoms with Crippen molar-refractivity contribution in [2.24, 2.45) is 0 Å². The van der Waals surface area contributed by atoms with Gasteiger partial charge >= 0.3 is 0 Å². The molecule has 0 saturated carbocycles. The summed E-state index contributed by atoms with van der Waals surface area (Å²) in [6.45, 7) is 13.7. The van der Waals surface area contributed by atoms with Crippen LogP contribution < -0.4 is 14.5 Å². The molecule has 306 valence electrons. The average Bonchev–Trinajstić information content (AvgIpc) is 3.82. The molecular weight excluding hydrogens is 766 g/mol. The molecule has 0 radical (unpaired) electrons. The summed E-state index contributed by atoms with van der Waals surface area (Å²) < 4.78 is 24.5. The molecule has 0 amide bonds. The van der Waals surface area contributed by atoms with Crippen LogP contribution in [0.2, 0.25) is 0 Å². The standard InChI is InChI=1S/C55H48FN5O/c1-34(2)46-27-38(43-15-7-9-17-48(43)56)28-47(35(3)4)55(46)60-33-59(50-19-11-12-20-51(50)60)40-25-39(54-36(5)31-57-32-37(54)6)26-42(29-40)62-41-22-23-45-44-16-8-10-18-49(44)61(52(45)30-41)53-21-13-14-24-58-53/h7-32,34-35H,33H2,1-6H3. The Bertz CT molecular complexity index is 3100. The smallest absolute Gasteiger partial charge is 0.137 e. The molecular formula is C55H48FN5O. The monoisotopic (exact) mass is 813 g/mol. The third kappa shape index (κ3) is 6.74. The highest BCUT2D eigenvalue weighted by atomic mass is 19.1. The van der Waals surface area contributed by atoms with E-state index in [1.807, 2.05) is 48.9 Å². The SMILES string of the molecule is Cc1cncc(C)c1-c1cc(Oc2ccc3c4ccccc4n(-c4ccccn4)c3c2)cc(N2CN(c3c(C(C)C)cc(-c4ccccc4F)cc3C(C)C)c3ccccc32)c1. The van der Waals surface area contributed by atoms with Crippen molar-refractivity contribution in [2.75, 3.05) is 16.5 Å². The van der Waals surface area contributed by atoms with Crippen LogP contribution in [0.25, 0.3) is 49.9 Å². The molecule has 1 aliphatic rings.